The normalized spacial score (nSPS) is 11.9. The number of hydrogen-bond donors (Lipinski definition) is 3. The van der Waals surface area contributed by atoms with Crippen LogP contribution in [-0.4, -0.2) is 32.2 Å². The summed E-state index contributed by atoms with van der Waals surface area (Å²) in [6.07, 6.45) is -0.257. The molecule has 3 aromatic rings. The zero-order valence-electron chi connectivity index (χ0n) is 14.3. The molecule has 1 atom stereocenters. The SMILES string of the molecule is Cc1cc(C(=O)N[C@H](C)c2n[nH]c(CC(=O)O)n2)c(-c2ccccc2)o1. The van der Waals surface area contributed by atoms with Crippen molar-refractivity contribution in [3.63, 3.8) is 0 Å². The zero-order valence-corrected chi connectivity index (χ0v) is 14.3. The summed E-state index contributed by atoms with van der Waals surface area (Å²) < 4.78 is 5.69. The van der Waals surface area contributed by atoms with Crippen LogP contribution in [0.4, 0.5) is 0 Å². The number of aliphatic carboxylic acids is 1. The van der Waals surface area contributed by atoms with Gasteiger partial charge in [0.2, 0.25) is 0 Å². The predicted molar refractivity (Wildman–Crippen MR) is 92.5 cm³/mol. The van der Waals surface area contributed by atoms with Crippen molar-refractivity contribution in [3.8, 4) is 11.3 Å². The second kappa shape index (κ2) is 7.22. The summed E-state index contributed by atoms with van der Waals surface area (Å²) in [5, 5.41) is 18.1. The number of aromatic nitrogens is 3. The Kier molecular flexibility index (Phi) is 4.83. The standard InChI is InChI=1S/C18H18N4O4/c1-10-8-13(16(26-10)12-6-4-3-5-7-12)18(25)19-11(2)17-20-14(21-22-17)9-15(23)24/h3-8,11H,9H2,1-2H3,(H,19,25)(H,23,24)(H,20,21,22)/t11-/m1/s1. The number of amides is 1. The molecule has 1 aromatic carbocycles. The van der Waals surface area contributed by atoms with Crippen molar-refractivity contribution in [2.45, 2.75) is 26.3 Å². The molecule has 0 aliphatic carbocycles. The molecule has 0 unspecified atom stereocenters. The van der Waals surface area contributed by atoms with Crippen LogP contribution in [0.15, 0.2) is 40.8 Å². The van der Waals surface area contributed by atoms with Gasteiger partial charge < -0.3 is 14.8 Å². The molecule has 2 aromatic heterocycles. The van der Waals surface area contributed by atoms with Gasteiger partial charge >= 0.3 is 5.97 Å². The van der Waals surface area contributed by atoms with E-state index in [1.807, 2.05) is 30.3 Å². The van der Waals surface area contributed by atoms with E-state index >= 15 is 0 Å². The van der Waals surface area contributed by atoms with E-state index < -0.39 is 12.0 Å². The summed E-state index contributed by atoms with van der Waals surface area (Å²) >= 11 is 0. The van der Waals surface area contributed by atoms with E-state index in [2.05, 4.69) is 20.5 Å². The van der Waals surface area contributed by atoms with Crippen molar-refractivity contribution in [3.05, 3.63) is 59.4 Å². The fourth-order valence-electron chi connectivity index (χ4n) is 2.55. The predicted octanol–water partition coefficient (Wildman–Crippen LogP) is 2.49. The molecular formula is C18H18N4O4. The Bertz CT molecular complexity index is 930. The Balaban J connectivity index is 1.78. The molecular weight excluding hydrogens is 336 g/mol. The first-order valence-electron chi connectivity index (χ1n) is 8.03. The topological polar surface area (TPSA) is 121 Å². The van der Waals surface area contributed by atoms with E-state index in [4.69, 9.17) is 9.52 Å². The third-order valence-electron chi connectivity index (χ3n) is 3.74. The summed E-state index contributed by atoms with van der Waals surface area (Å²) in [5.41, 5.74) is 1.22. The zero-order chi connectivity index (χ0) is 18.7. The molecule has 3 N–H and O–H groups in total. The Morgan fingerprint density at radius 1 is 1.31 bits per heavy atom. The highest BCUT2D eigenvalue weighted by atomic mass is 16.4. The number of hydrogen-bond acceptors (Lipinski definition) is 5. The van der Waals surface area contributed by atoms with Gasteiger partial charge in [0.15, 0.2) is 5.82 Å². The Morgan fingerprint density at radius 3 is 2.73 bits per heavy atom. The average Bonchev–Trinajstić information content (AvgIpc) is 3.22. The highest BCUT2D eigenvalue weighted by Gasteiger charge is 2.21. The molecule has 3 rings (SSSR count). The molecule has 8 heteroatoms. The number of H-pyrrole nitrogens is 1. The molecule has 0 bridgehead atoms. The lowest BCUT2D eigenvalue weighted by atomic mass is 10.1. The van der Waals surface area contributed by atoms with Gasteiger partial charge in [-0.25, -0.2) is 4.98 Å². The van der Waals surface area contributed by atoms with Gasteiger partial charge in [-0.3, -0.25) is 14.7 Å². The van der Waals surface area contributed by atoms with E-state index in [0.29, 0.717) is 22.9 Å². The van der Waals surface area contributed by atoms with Gasteiger partial charge in [-0.2, -0.15) is 5.10 Å². The van der Waals surface area contributed by atoms with Gasteiger partial charge in [0.1, 0.15) is 23.8 Å². The van der Waals surface area contributed by atoms with Crippen molar-refractivity contribution >= 4 is 11.9 Å². The van der Waals surface area contributed by atoms with Gasteiger partial charge in [0.05, 0.1) is 11.6 Å². The van der Waals surface area contributed by atoms with Crippen LogP contribution in [0, 0.1) is 6.92 Å². The summed E-state index contributed by atoms with van der Waals surface area (Å²) in [7, 11) is 0. The summed E-state index contributed by atoms with van der Waals surface area (Å²) in [4.78, 5) is 27.5. The molecule has 0 saturated heterocycles. The number of nitrogens with zero attached hydrogens (tertiary/aromatic N) is 2. The molecule has 0 saturated carbocycles. The van der Waals surface area contributed by atoms with E-state index in [1.54, 1.807) is 19.9 Å². The van der Waals surface area contributed by atoms with Crippen molar-refractivity contribution in [1.82, 2.24) is 20.5 Å². The molecule has 1 amide bonds. The monoisotopic (exact) mass is 354 g/mol. The first-order chi connectivity index (χ1) is 12.4. The lowest BCUT2D eigenvalue weighted by Crippen LogP contribution is -2.27. The molecule has 0 radical (unpaired) electrons. The third kappa shape index (κ3) is 3.80. The highest BCUT2D eigenvalue weighted by Crippen LogP contribution is 2.27. The Labute approximate surface area is 149 Å². The number of carbonyl (C=O) groups is 2. The largest absolute Gasteiger partial charge is 0.481 e. The number of carboxylic acid groups (broad SMARTS) is 1. The lowest BCUT2D eigenvalue weighted by Gasteiger charge is -2.10. The molecule has 26 heavy (non-hydrogen) atoms. The van der Waals surface area contributed by atoms with Crippen molar-refractivity contribution in [1.29, 1.82) is 0 Å². The maximum Gasteiger partial charge on any atom is 0.311 e. The van der Waals surface area contributed by atoms with Crippen molar-refractivity contribution in [2.24, 2.45) is 0 Å². The fourth-order valence-corrected chi connectivity index (χ4v) is 2.55. The van der Waals surface area contributed by atoms with Crippen LogP contribution in [0.2, 0.25) is 0 Å². The Hall–Kier alpha value is -3.42. The smallest absolute Gasteiger partial charge is 0.311 e. The maximum atomic E-state index is 12.7. The van der Waals surface area contributed by atoms with E-state index in [-0.39, 0.29) is 18.2 Å². The first-order valence-corrected chi connectivity index (χ1v) is 8.03. The van der Waals surface area contributed by atoms with Gasteiger partial charge in [-0.05, 0) is 19.9 Å². The van der Waals surface area contributed by atoms with Crippen LogP contribution in [0.5, 0.6) is 0 Å². The number of furan rings is 1. The van der Waals surface area contributed by atoms with Crippen molar-refractivity contribution < 1.29 is 19.1 Å². The van der Waals surface area contributed by atoms with E-state index in [1.165, 1.54) is 0 Å². The third-order valence-corrected chi connectivity index (χ3v) is 3.74. The first kappa shape index (κ1) is 17.4. The van der Waals surface area contributed by atoms with Gasteiger partial charge in [0, 0.05) is 5.56 Å². The number of rotatable bonds is 6. The highest BCUT2D eigenvalue weighted by molar-refractivity contribution is 6.00. The molecule has 8 nitrogen and oxygen atoms in total. The minimum Gasteiger partial charge on any atom is -0.481 e. The molecule has 2 heterocycles. The number of carboxylic acids is 1. The molecule has 0 aliphatic rings. The molecule has 0 fully saturated rings. The second-order valence-electron chi connectivity index (χ2n) is 5.87. The summed E-state index contributed by atoms with van der Waals surface area (Å²) in [5.74, 6) is 0.343. The van der Waals surface area contributed by atoms with Crippen LogP contribution in [0.3, 0.4) is 0 Å². The number of aryl methyl sites for hydroxylation is 1. The summed E-state index contributed by atoms with van der Waals surface area (Å²) in [6, 6.07) is 10.5. The number of nitrogens with one attached hydrogen (secondary N) is 2. The quantitative estimate of drug-likeness (QED) is 0.625. The van der Waals surface area contributed by atoms with Gasteiger partial charge in [-0.15, -0.1) is 0 Å². The lowest BCUT2D eigenvalue weighted by molar-refractivity contribution is -0.136. The minimum absolute atomic E-state index is 0.234. The van der Waals surface area contributed by atoms with Gasteiger partial charge in [-0.1, -0.05) is 30.3 Å². The van der Waals surface area contributed by atoms with Gasteiger partial charge in [0.25, 0.3) is 5.91 Å². The van der Waals surface area contributed by atoms with Crippen LogP contribution in [-0.2, 0) is 11.2 Å². The summed E-state index contributed by atoms with van der Waals surface area (Å²) in [6.45, 7) is 3.50. The van der Waals surface area contributed by atoms with Crippen LogP contribution in [0.1, 0.15) is 40.7 Å². The van der Waals surface area contributed by atoms with E-state index in [9.17, 15) is 9.59 Å². The fraction of sp³-hybridized carbons (Fsp3) is 0.222. The Morgan fingerprint density at radius 2 is 2.04 bits per heavy atom. The van der Waals surface area contributed by atoms with Crippen LogP contribution < -0.4 is 5.32 Å². The average molecular weight is 354 g/mol. The molecule has 0 aliphatic heterocycles. The molecule has 0 spiro atoms. The van der Waals surface area contributed by atoms with Crippen LogP contribution >= 0.6 is 0 Å². The molecule has 134 valence electrons. The van der Waals surface area contributed by atoms with Crippen LogP contribution in [0.25, 0.3) is 11.3 Å². The number of carbonyl (C=O) groups excluding carboxylic acids is 1. The van der Waals surface area contributed by atoms with Crippen molar-refractivity contribution in [2.75, 3.05) is 0 Å². The number of benzene rings is 1. The van der Waals surface area contributed by atoms with E-state index in [0.717, 1.165) is 5.56 Å². The second-order valence-corrected chi connectivity index (χ2v) is 5.87. The minimum atomic E-state index is -1.01. The number of aromatic amines is 1. The maximum absolute atomic E-state index is 12.7.